The molecule has 6 nitrogen and oxygen atoms in total. The number of amides is 1. The first-order valence-corrected chi connectivity index (χ1v) is 9.46. The van der Waals surface area contributed by atoms with Crippen LogP contribution in [0.2, 0.25) is 5.02 Å². The molecule has 2 N–H and O–H groups in total. The Morgan fingerprint density at radius 1 is 1.28 bits per heavy atom. The molecule has 0 saturated carbocycles. The number of hydrogen-bond acceptors (Lipinski definition) is 4. The van der Waals surface area contributed by atoms with Crippen molar-refractivity contribution in [1.29, 1.82) is 0 Å². The standard InChI is InChI=1S/C21H18ClFN4O2/c22-17-7-6-16(9-18(17)23)21-25-19(27(12-28)26-21)10-20(29)24-11-13-4-5-14-2-1-3-15(14)8-13/h1,3-9,28H,2,10-12H2,(H,24,29). The van der Waals surface area contributed by atoms with E-state index in [1.54, 1.807) is 6.07 Å². The molecule has 0 fully saturated rings. The Morgan fingerprint density at radius 2 is 2.14 bits per heavy atom. The van der Waals surface area contributed by atoms with Crippen LogP contribution in [0.1, 0.15) is 22.5 Å². The molecule has 3 aromatic rings. The molecule has 1 amide bonds. The van der Waals surface area contributed by atoms with Crippen LogP contribution < -0.4 is 5.32 Å². The normalized spacial score (nSPS) is 12.2. The summed E-state index contributed by atoms with van der Waals surface area (Å²) in [7, 11) is 0. The van der Waals surface area contributed by atoms with Crippen LogP contribution in [0.15, 0.2) is 42.5 Å². The predicted molar refractivity (Wildman–Crippen MR) is 107 cm³/mol. The summed E-state index contributed by atoms with van der Waals surface area (Å²) < 4.78 is 14.9. The molecule has 0 saturated heterocycles. The molecule has 0 bridgehead atoms. The highest BCUT2D eigenvalue weighted by Crippen LogP contribution is 2.23. The van der Waals surface area contributed by atoms with Crippen LogP contribution in [-0.2, 0) is 30.9 Å². The van der Waals surface area contributed by atoms with E-state index in [1.165, 1.54) is 27.9 Å². The molecule has 148 valence electrons. The average Bonchev–Trinajstić information content (AvgIpc) is 3.34. The number of allylic oxidation sites excluding steroid dienone is 1. The van der Waals surface area contributed by atoms with Gasteiger partial charge >= 0.3 is 0 Å². The number of nitrogens with zero attached hydrogens (tertiary/aromatic N) is 3. The zero-order chi connectivity index (χ0) is 20.4. The van der Waals surface area contributed by atoms with Crippen LogP contribution >= 0.6 is 11.6 Å². The maximum absolute atomic E-state index is 13.7. The van der Waals surface area contributed by atoms with Crippen molar-refractivity contribution in [2.45, 2.75) is 26.1 Å². The molecule has 8 heteroatoms. The van der Waals surface area contributed by atoms with E-state index in [-0.39, 0.29) is 29.0 Å². The van der Waals surface area contributed by atoms with E-state index in [1.807, 2.05) is 6.07 Å². The molecule has 29 heavy (non-hydrogen) atoms. The van der Waals surface area contributed by atoms with Gasteiger partial charge in [-0.3, -0.25) is 4.79 Å². The number of rotatable bonds is 6. The fourth-order valence-corrected chi connectivity index (χ4v) is 3.31. The molecule has 1 aliphatic rings. The SMILES string of the molecule is O=C(Cc1nc(-c2ccc(Cl)c(F)c2)nn1CO)NCc1ccc2c(c1)C=CC2. The Labute approximate surface area is 171 Å². The zero-order valence-electron chi connectivity index (χ0n) is 15.4. The molecule has 1 aliphatic carbocycles. The maximum atomic E-state index is 13.7. The zero-order valence-corrected chi connectivity index (χ0v) is 16.2. The summed E-state index contributed by atoms with van der Waals surface area (Å²) in [6.45, 7) is -0.0503. The van der Waals surface area contributed by atoms with Crippen LogP contribution in [-0.4, -0.2) is 25.8 Å². The van der Waals surface area contributed by atoms with Gasteiger partial charge in [-0.25, -0.2) is 14.1 Å². The fourth-order valence-electron chi connectivity index (χ4n) is 3.19. The Kier molecular flexibility index (Phi) is 5.42. The molecule has 4 rings (SSSR count). The summed E-state index contributed by atoms with van der Waals surface area (Å²) in [4.78, 5) is 16.6. The van der Waals surface area contributed by atoms with Gasteiger partial charge < -0.3 is 10.4 Å². The van der Waals surface area contributed by atoms with Crippen molar-refractivity contribution < 1.29 is 14.3 Å². The lowest BCUT2D eigenvalue weighted by Crippen LogP contribution is -2.26. The highest BCUT2D eigenvalue weighted by molar-refractivity contribution is 6.30. The van der Waals surface area contributed by atoms with Crippen LogP contribution in [0.4, 0.5) is 4.39 Å². The topological polar surface area (TPSA) is 80.0 Å². The molecular formula is C21H18ClFN4O2. The lowest BCUT2D eigenvalue weighted by molar-refractivity contribution is -0.120. The van der Waals surface area contributed by atoms with Gasteiger partial charge in [0.2, 0.25) is 5.91 Å². The molecule has 1 heterocycles. The molecule has 2 aromatic carbocycles. The third-order valence-electron chi connectivity index (χ3n) is 4.71. The van der Waals surface area contributed by atoms with E-state index in [0.29, 0.717) is 12.1 Å². The van der Waals surface area contributed by atoms with Crippen LogP contribution in [0.25, 0.3) is 17.5 Å². The first kappa shape index (κ1) is 19.3. The van der Waals surface area contributed by atoms with Gasteiger partial charge in [-0.05, 0) is 47.4 Å². The minimum atomic E-state index is -0.590. The highest BCUT2D eigenvalue weighted by atomic mass is 35.5. The average molecular weight is 413 g/mol. The summed E-state index contributed by atoms with van der Waals surface area (Å²) in [6.07, 6.45) is 5.07. The number of aromatic nitrogens is 3. The predicted octanol–water partition coefficient (Wildman–Crippen LogP) is 3.12. The number of carbonyl (C=O) groups is 1. The fraction of sp³-hybridized carbons (Fsp3) is 0.190. The minimum Gasteiger partial charge on any atom is -0.374 e. The number of carbonyl (C=O) groups excluding carboxylic acids is 1. The van der Waals surface area contributed by atoms with Gasteiger partial charge in [0, 0.05) is 12.1 Å². The summed E-state index contributed by atoms with van der Waals surface area (Å²) >= 11 is 5.70. The van der Waals surface area contributed by atoms with Gasteiger partial charge in [-0.2, -0.15) is 0 Å². The number of benzene rings is 2. The lowest BCUT2D eigenvalue weighted by Gasteiger charge is -2.07. The quantitative estimate of drug-likeness (QED) is 0.652. The van der Waals surface area contributed by atoms with Gasteiger partial charge in [-0.15, -0.1) is 5.10 Å². The molecule has 1 aromatic heterocycles. The highest BCUT2D eigenvalue weighted by Gasteiger charge is 2.16. The van der Waals surface area contributed by atoms with E-state index >= 15 is 0 Å². The van der Waals surface area contributed by atoms with Gasteiger partial charge in [-0.1, -0.05) is 35.9 Å². The number of fused-ring (bicyclic) bond motifs is 1. The van der Waals surface area contributed by atoms with E-state index in [2.05, 4.69) is 39.7 Å². The van der Waals surface area contributed by atoms with Gasteiger partial charge in [0.05, 0.1) is 11.4 Å². The van der Waals surface area contributed by atoms with Crippen molar-refractivity contribution in [3.8, 4) is 11.4 Å². The number of aliphatic hydroxyl groups is 1. The van der Waals surface area contributed by atoms with Crippen molar-refractivity contribution in [2.24, 2.45) is 0 Å². The number of halogens is 2. The van der Waals surface area contributed by atoms with E-state index in [9.17, 15) is 14.3 Å². The smallest absolute Gasteiger partial charge is 0.227 e. The number of hydrogen-bond donors (Lipinski definition) is 2. The second-order valence-electron chi connectivity index (χ2n) is 6.71. The molecule has 0 spiro atoms. The Bertz CT molecular complexity index is 1110. The second kappa shape index (κ2) is 8.14. The van der Waals surface area contributed by atoms with Crippen LogP contribution in [0.3, 0.4) is 0 Å². The molecule has 0 radical (unpaired) electrons. The monoisotopic (exact) mass is 412 g/mol. The maximum Gasteiger partial charge on any atom is 0.227 e. The minimum absolute atomic E-state index is 0.00279. The Balaban J connectivity index is 1.44. The van der Waals surface area contributed by atoms with Gasteiger partial charge in [0.1, 0.15) is 18.4 Å². The third kappa shape index (κ3) is 4.21. The van der Waals surface area contributed by atoms with Crippen molar-refractivity contribution >= 4 is 23.6 Å². The largest absolute Gasteiger partial charge is 0.374 e. The van der Waals surface area contributed by atoms with Crippen molar-refractivity contribution in [3.05, 3.63) is 75.8 Å². The molecule has 0 unspecified atom stereocenters. The Hall–Kier alpha value is -3.03. The van der Waals surface area contributed by atoms with E-state index in [0.717, 1.165) is 12.0 Å². The van der Waals surface area contributed by atoms with Gasteiger partial charge in [0.25, 0.3) is 0 Å². The van der Waals surface area contributed by atoms with Crippen molar-refractivity contribution in [3.63, 3.8) is 0 Å². The van der Waals surface area contributed by atoms with Crippen molar-refractivity contribution in [1.82, 2.24) is 20.1 Å². The summed E-state index contributed by atoms with van der Waals surface area (Å²) in [5, 5.41) is 16.5. The number of nitrogens with one attached hydrogen (secondary N) is 1. The van der Waals surface area contributed by atoms with Crippen LogP contribution in [0.5, 0.6) is 0 Å². The van der Waals surface area contributed by atoms with Gasteiger partial charge in [0.15, 0.2) is 5.82 Å². The van der Waals surface area contributed by atoms with Crippen LogP contribution in [0, 0.1) is 5.82 Å². The summed E-state index contributed by atoms with van der Waals surface area (Å²) in [5.41, 5.74) is 3.87. The third-order valence-corrected chi connectivity index (χ3v) is 5.02. The first-order valence-electron chi connectivity index (χ1n) is 9.08. The first-order chi connectivity index (χ1) is 14.0. The Morgan fingerprint density at radius 3 is 2.93 bits per heavy atom. The van der Waals surface area contributed by atoms with Crippen molar-refractivity contribution in [2.75, 3.05) is 0 Å². The second-order valence-corrected chi connectivity index (χ2v) is 7.12. The summed E-state index contributed by atoms with van der Waals surface area (Å²) in [6, 6.07) is 10.3. The van der Waals surface area contributed by atoms with E-state index < -0.39 is 12.5 Å². The lowest BCUT2D eigenvalue weighted by atomic mass is 10.1. The number of aliphatic hydroxyl groups excluding tert-OH is 1. The summed E-state index contributed by atoms with van der Waals surface area (Å²) in [5.74, 6) is -0.347. The molecule has 0 atom stereocenters. The molecule has 0 aliphatic heterocycles. The van der Waals surface area contributed by atoms with E-state index in [4.69, 9.17) is 11.6 Å². The molecular weight excluding hydrogens is 395 g/mol.